The minimum atomic E-state index is -0.413. The van der Waals surface area contributed by atoms with E-state index in [2.05, 4.69) is 15.6 Å². The first-order valence-electron chi connectivity index (χ1n) is 7.41. The van der Waals surface area contributed by atoms with Gasteiger partial charge in [0, 0.05) is 7.05 Å². The summed E-state index contributed by atoms with van der Waals surface area (Å²) in [6.45, 7) is 0. The number of aryl methyl sites for hydroxylation is 1. The zero-order valence-corrected chi connectivity index (χ0v) is 15.1. The van der Waals surface area contributed by atoms with E-state index in [4.69, 9.17) is 16.3 Å². The second-order valence-electron chi connectivity index (χ2n) is 5.11. The molecule has 0 fully saturated rings. The fourth-order valence-electron chi connectivity index (χ4n) is 1.94. The predicted octanol–water partition coefficient (Wildman–Crippen LogP) is 3.16. The number of carbonyl (C=O) groups is 1. The maximum Gasteiger partial charge on any atom is 0.353 e. The van der Waals surface area contributed by atoms with E-state index in [1.807, 2.05) is 5.38 Å². The second-order valence-corrected chi connectivity index (χ2v) is 6.43. The highest BCUT2D eigenvalue weighted by atomic mass is 35.5. The number of esters is 1. The Morgan fingerprint density at radius 2 is 2.12 bits per heavy atom. The molecule has 26 heavy (non-hydrogen) atoms. The lowest BCUT2D eigenvalue weighted by Gasteiger charge is -2.04. The summed E-state index contributed by atoms with van der Waals surface area (Å²) < 4.78 is 6.41. The van der Waals surface area contributed by atoms with Crippen LogP contribution in [0, 0.1) is 0 Å². The quantitative estimate of drug-likeness (QED) is 0.314. The van der Waals surface area contributed by atoms with Crippen molar-refractivity contribution in [3.8, 4) is 5.75 Å². The number of hydrogen-bond acceptors (Lipinski definition) is 7. The molecule has 0 aliphatic rings. The summed E-state index contributed by atoms with van der Waals surface area (Å²) in [4.78, 5) is 24.1. The SMILES string of the molecule is Cn1ncc(N/N=C\c2ccc(OC(=O)c3cccs3)cc2)c(Cl)c1=O. The standard InChI is InChI=1S/C17H13ClN4O3S/c1-22-16(23)15(18)13(10-20-22)21-19-9-11-4-6-12(7-5-11)25-17(24)14-3-2-8-26-14/h2-10,21H,1H3/b19-9-. The van der Waals surface area contributed by atoms with Crippen LogP contribution < -0.4 is 15.7 Å². The molecular formula is C17H13ClN4O3S. The lowest BCUT2D eigenvalue weighted by molar-refractivity contribution is 0.0740. The first kappa shape index (κ1) is 17.8. The molecule has 9 heteroatoms. The zero-order chi connectivity index (χ0) is 18.5. The van der Waals surface area contributed by atoms with Crippen LogP contribution in [-0.4, -0.2) is 22.0 Å². The third kappa shape index (κ3) is 4.16. The minimum Gasteiger partial charge on any atom is -0.422 e. The Bertz CT molecular complexity index is 998. The van der Waals surface area contributed by atoms with E-state index >= 15 is 0 Å². The Balaban J connectivity index is 1.62. The van der Waals surface area contributed by atoms with E-state index in [1.54, 1.807) is 42.6 Å². The topological polar surface area (TPSA) is 85.6 Å². The highest BCUT2D eigenvalue weighted by molar-refractivity contribution is 7.12. The monoisotopic (exact) mass is 388 g/mol. The zero-order valence-electron chi connectivity index (χ0n) is 13.5. The van der Waals surface area contributed by atoms with Crippen molar-refractivity contribution >= 4 is 40.8 Å². The van der Waals surface area contributed by atoms with Crippen molar-refractivity contribution in [3.63, 3.8) is 0 Å². The van der Waals surface area contributed by atoms with E-state index in [0.29, 0.717) is 16.3 Å². The van der Waals surface area contributed by atoms with Crippen molar-refractivity contribution in [1.82, 2.24) is 9.78 Å². The normalized spacial score (nSPS) is 10.8. The minimum absolute atomic E-state index is 0.00971. The number of nitrogens with zero attached hydrogens (tertiary/aromatic N) is 3. The number of hydrogen-bond donors (Lipinski definition) is 1. The largest absolute Gasteiger partial charge is 0.422 e. The van der Waals surface area contributed by atoms with Crippen LogP contribution in [0.3, 0.4) is 0 Å². The molecule has 1 N–H and O–H groups in total. The van der Waals surface area contributed by atoms with Gasteiger partial charge in [-0.25, -0.2) is 9.48 Å². The molecule has 0 bridgehead atoms. The molecule has 0 atom stereocenters. The Morgan fingerprint density at radius 1 is 1.35 bits per heavy atom. The molecule has 0 aliphatic heterocycles. The average Bonchev–Trinajstić information content (AvgIpc) is 3.18. The van der Waals surface area contributed by atoms with Crippen molar-refractivity contribution in [1.29, 1.82) is 0 Å². The Labute approximate surface area is 157 Å². The van der Waals surface area contributed by atoms with Gasteiger partial charge in [-0.3, -0.25) is 10.2 Å². The number of benzene rings is 1. The lowest BCUT2D eigenvalue weighted by Crippen LogP contribution is -2.20. The van der Waals surface area contributed by atoms with Gasteiger partial charge < -0.3 is 4.74 Å². The van der Waals surface area contributed by atoms with E-state index in [0.717, 1.165) is 10.2 Å². The Kier molecular flexibility index (Phi) is 5.45. The number of halogens is 1. The second kappa shape index (κ2) is 7.94. The van der Waals surface area contributed by atoms with Crippen LogP contribution >= 0.6 is 22.9 Å². The molecule has 3 rings (SSSR count). The maximum absolute atomic E-state index is 11.9. The van der Waals surface area contributed by atoms with E-state index in [-0.39, 0.29) is 5.02 Å². The molecule has 2 heterocycles. The number of hydrazone groups is 1. The van der Waals surface area contributed by atoms with Gasteiger partial charge in [0.25, 0.3) is 5.56 Å². The van der Waals surface area contributed by atoms with Crippen molar-refractivity contribution in [2.75, 3.05) is 5.43 Å². The van der Waals surface area contributed by atoms with E-state index < -0.39 is 11.5 Å². The molecule has 0 spiro atoms. The fraction of sp³-hybridized carbons (Fsp3) is 0.0588. The van der Waals surface area contributed by atoms with Crippen molar-refractivity contribution in [2.45, 2.75) is 0 Å². The van der Waals surface area contributed by atoms with Crippen molar-refractivity contribution in [3.05, 3.63) is 73.8 Å². The molecule has 2 aromatic heterocycles. The molecule has 7 nitrogen and oxygen atoms in total. The summed E-state index contributed by atoms with van der Waals surface area (Å²) in [7, 11) is 1.51. The number of anilines is 1. The van der Waals surface area contributed by atoms with Gasteiger partial charge in [-0.2, -0.15) is 10.2 Å². The first-order valence-corrected chi connectivity index (χ1v) is 8.67. The van der Waals surface area contributed by atoms with Crippen molar-refractivity contribution in [2.24, 2.45) is 12.1 Å². The summed E-state index contributed by atoms with van der Waals surface area (Å²) in [5.74, 6) is 0.0446. The van der Waals surface area contributed by atoms with Gasteiger partial charge >= 0.3 is 5.97 Å². The molecular weight excluding hydrogens is 376 g/mol. The van der Waals surface area contributed by atoms with Crippen LogP contribution in [0.2, 0.25) is 5.02 Å². The number of aromatic nitrogens is 2. The van der Waals surface area contributed by atoms with Crippen LogP contribution in [0.25, 0.3) is 0 Å². The van der Waals surface area contributed by atoms with Crippen molar-refractivity contribution < 1.29 is 9.53 Å². The molecule has 0 saturated heterocycles. The molecule has 0 aliphatic carbocycles. The number of rotatable bonds is 5. The third-order valence-electron chi connectivity index (χ3n) is 3.29. The third-order valence-corrected chi connectivity index (χ3v) is 4.50. The number of nitrogens with one attached hydrogen (secondary N) is 1. The van der Waals surface area contributed by atoms with Crippen LogP contribution in [0.1, 0.15) is 15.2 Å². The fourth-order valence-corrected chi connectivity index (χ4v) is 2.75. The Morgan fingerprint density at radius 3 is 2.81 bits per heavy atom. The summed E-state index contributed by atoms with van der Waals surface area (Å²) in [6, 6.07) is 10.3. The van der Waals surface area contributed by atoms with Gasteiger partial charge in [0.15, 0.2) is 0 Å². The summed E-state index contributed by atoms with van der Waals surface area (Å²) >= 11 is 7.26. The van der Waals surface area contributed by atoms with Gasteiger partial charge in [0.1, 0.15) is 21.3 Å². The smallest absolute Gasteiger partial charge is 0.353 e. The highest BCUT2D eigenvalue weighted by Gasteiger charge is 2.09. The van der Waals surface area contributed by atoms with Crippen LogP contribution in [-0.2, 0) is 7.05 Å². The number of carbonyl (C=O) groups excluding carboxylic acids is 1. The van der Waals surface area contributed by atoms with Crippen LogP contribution in [0.5, 0.6) is 5.75 Å². The van der Waals surface area contributed by atoms with Gasteiger partial charge in [-0.15, -0.1) is 11.3 Å². The van der Waals surface area contributed by atoms with E-state index in [9.17, 15) is 9.59 Å². The molecule has 0 saturated carbocycles. The van der Waals surface area contributed by atoms with Gasteiger partial charge in [0.2, 0.25) is 0 Å². The van der Waals surface area contributed by atoms with E-state index in [1.165, 1.54) is 24.6 Å². The molecule has 0 amide bonds. The van der Waals surface area contributed by atoms with Crippen LogP contribution in [0.15, 0.2) is 57.9 Å². The predicted molar refractivity (Wildman–Crippen MR) is 101 cm³/mol. The summed E-state index contributed by atoms with van der Waals surface area (Å²) in [5, 5.41) is 9.70. The number of thiophene rings is 1. The molecule has 0 unspecified atom stereocenters. The van der Waals surface area contributed by atoms with Gasteiger partial charge in [0.05, 0.1) is 12.4 Å². The molecule has 0 radical (unpaired) electrons. The lowest BCUT2D eigenvalue weighted by atomic mass is 10.2. The molecule has 1 aromatic carbocycles. The molecule has 132 valence electrons. The van der Waals surface area contributed by atoms with Gasteiger partial charge in [-0.05, 0) is 41.3 Å². The number of ether oxygens (including phenoxy) is 1. The first-order chi connectivity index (χ1) is 12.5. The average molecular weight is 389 g/mol. The Hall–Kier alpha value is -2.97. The van der Waals surface area contributed by atoms with Gasteiger partial charge in [-0.1, -0.05) is 17.7 Å². The summed E-state index contributed by atoms with van der Waals surface area (Å²) in [5.41, 5.74) is 3.34. The van der Waals surface area contributed by atoms with Crippen LogP contribution in [0.4, 0.5) is 5.69 Å². The maximum atomic E-state index is 11.9. The highest BCUT2D eigenvalue weighted by Crippen LogP contribution is 2.17. The summed E-state index contributed by atoms with van der Waals surface area (Å²) in [6.07, 6.45) is 2.95. The molecule has 3 aromatic rings.